The van der Waals surface area contributed by atoms with Crippen LogP contribution in [0.4, 0.5) is 5.69 Å². The molecule has 0 bridgehead atoms. The van der Waals surface area contributed by atoms with Crippen LogP contribution in [0.3, 0.4) is 0 Å². The summed E-state index contributed by atoms with van der Waals surface area (Å²) in [6.07, 6.45) is 4.63. The molecule has 4 heteroatoms. The van der Waals surface area contributed by atoms with Gasteiger partial charge in [0.05, 0.1) is 11.3 Å². The van der Waals surface area contributed by atoms with E-state index in [2.05, 4.69) is 34.7 Å². The van der Waals surface area contributed by atoms with Crippen LogP contribution in [0.5, 0.6) is 0 Å². The quantitative estimate of drug-likeness (QED) is 0.877. The molecule has 1 N–H and O–H groups in total. The van der Waals surface area contributed by atoms with Crippen LogP contribution in [0.1, 0.15) is 49.9 Å². The number of carboxylic acids is 1. The molecular formula is C16H22BrNO2. The van der Waals surface area contributed by atoms with Crippen LogP contribution < -0.4 is 4.90 Å². The maximum Gasteiger partial charge on any atom is 0.338 e. The number of halogens is 1. The van der Waals surface area contributed by atoms with Crippen molar-refractivity contribution in [3.63, 3.8) is 0 Å². The maximum atomic E-state index is 11.5. The molecule has 1 aromatic carbocycles. The summed E-state index contributed by atoms with van der Waals surface area (Å²) in [5.74, 6) is -0.879. The number of anilines is 1. The third-order valence-electron chi connectivity index (χ3n) is 4.44. The largest absolute Gasteiger partial charge is 0.478 e. The maximum absolute atomic E-state index is 11.5. The van der Waals surface area contributed by atoms with Crippen molar-refractivity contribution in [1.29, 1.82) is 0 Å². The lowest BCUT2D eigenvalue weighted by atomic mass is 9.75. The summed E-state index contributed by atoms with van der Waals surface area (Å²) < 4.78 is 0.644. The summed E-state index contributed by atoms with van der Waals surface area (Å²) in [7, 11) is 2.01. The summed E-state index contributed by atoms with van der Waals surface area (Å²) in [6, 6.07) is 6.00. The van der Waals surface area contributed by atoms with Crippen molar-refractivity contribution >= 4 is 27.6 Å². The summed E-state index contributed by atoms with van der Waals surface area (Å²) in [5.41, 5.74) is 1.58. The third kappa shape index (κ3) is 3.17. The molecule has 0 radical (unpaired) electrons. The minimum atomic E-state index is -0.879. The van der Waals surface area contributed by atoms with Gasteiger partial charge in [-0.25, -0.2) is 4.79 Å². The monoisotopic (exact) mass is 339 g/mol. The molecule has 0 aliphatic heterocycles. The van der Waals surface area contributed by atoms with Crippen LogP contribution >= 0.6 is 15.9 Å². The number of benzene rings is 1. The van der Waals surface area contributed by atoms with E-state index in [1.54, 1.807) is 6.07 Å². The first-order valence-corrected chi connectivity index (χ1v) is 7.86. The fourth-order valence-corrected chi connectivity index (χ4v) is 3.51. The summed E-state index contributed by atoms with van der Waals surface area (Å²) in [5, 5.41) is 9.42. The molecule has 0 saturated heterocycles. The fraction of sp³-hybridized carbons (Fsp3) is 0.562. The molecule has 0 unspecified atom stereocenters. The van der Waals surface area contributed by atoms with Gasteiger partial charge in [0.25, 0.3) is 0 Å². The Morgan fingerprint density at radius 2 is 1.95 bits per heavy atom. The second-order valence-electron chi connectivity index (χ2n) is 6.45. The summed E-state index contributed by atoms with van der Waals surface area (Å²) in [6.45, 7) is 4.62. The Morgan fingerprint density at radius 1 is 1.35 bits per heavy atom. The van der Waals surface area contributed by atoms with Crippen LogP contribution in [0.25, 0.3) is 0 Å². The molecule has 1 aliphatic carbocycles. The molecule has 1 aromatic rings. The van der Waals surface area contributed by atoms with Crippen molar-refractivity contribution in [1.82, 2.24) is 0 Å². The van der Waals surface area contributed by atoms with Crippen LogP contribution in [-0.2, 0) is 0 Å². The number of carboxylic acid groups (broad SMARTS) is 1. The van der Waals surface area contributed by atoms with Gasteiger partial charge in [-0.05, 0) is 59.2 Å². The molecule has 20 heavy (non-hydrogen) atoms. The predicted molar refractivity (Wildman–Crippen MR) is 85.5 cm³/mol. The zero-order valence-electron chi connectivity index (χ0n) is 12.3. The van der Waals surface area contributed by atoms with Crippen molar-refractivity contribution < 1.29 is 9.90 Å². The SMILES string of the molecule is CN(c1cccc(Br)c1C(=O)O)C1CCC(C)(C)CC1. The van der Waals surface area contributed by atoms with E-state index in [0.717, 1.165) is 18.5 Å². The second-order valence-corrected chi connectivity index (χ2v) is 7.30. The smallest absolute Gasteiger partial charge is 0.338 e. The first kappa shape index (κ1) is 15.4. The Labute approximate surface area is 129 Å². The molecule has 0 heterocycles. The molecule has 2 rings (SSSR count). The molecule has 0 aromatic heterocycles. The van der Waals surface area contributed by atoms with E-state index in [1.807, 2.05) is 19.2 Å². The van der Waals surface area contributed by atoms with Crippen molar-refractivity contribution in [3.8, 4) is 0 Å². The van der Waals surface area contributed by atoms with Crippen LogP contribution in [0, 0.1) is 5.41 Å². The van der Waals surface area contributed by atoms with Crippen molar-refractivity contribution in [3.05, 3.63) is 28.2 Å². The molecule has 0 spiro atoms. The van der Waals surface area contributed by atoms with Gasteiger partial charge in [0.2, 0.25) is 0 Å². The minimum Gasteiger partial charge on any atom is -0.478 e. The lowest BCUT2D eigenvalue weighted by Gasteiger charge is -2.40. The van der Waals surface area contributed by atoms with Crippen molar-refractivity contribution in [2.45, 2.75) is 45.6 Å². The topological polar surface area (TPSA) is 40.5 Å². The number of aromatic carboxylic acids is 1. The van der Waals surface area contributed by atoms with Gasteiger partial charge in [-0.15, -0.1) is 0 Å². The van der Waals surface area contributed by atoms with E-state index in [0.29, 0.717) is 21.5 Å². The second kappa shape index (κ2) is 5.76. The summed E-state index contributed by atoms with van der Waals surface area (Å²) >= 11 is 3.35. The zero-order chi connectivity index (χ0) is 14.9. The van der Waals surface area contributed by atoms with Gasteiger partial charge in [0, 0.05) is 17.6 Å². The lowest BCUT2D eigenvalue weighted by Crippen LogP contribution is -2.38. The van der Waals surface area contributed by atoms with Gasteiger partial charge < -0.3 is 10.0 Å². The standard InChI is InChI=1S/C16H22BrNO2/c1-16(2)9-7-11(8-10-16)18(3)13-6-4-5-12(17)14(13)15(19)20/h4-6,11H,7-10H2,1-3H3,(H,19,20). The fourth-order valence-electron chi connectivity index (χ4n) is 2.99. The van der Waals surface area contributed by atoms with E-state index in [-0.39, 0.29) is 0 Å². The molecule has 1 fully saturated rings. The number of nitrogens with zero attached hydrogens (tertiary/aromatic N) is 1. The average molecular weight is 340 g/mol. The number of rotatable bonds is 3. The molecule has 1 saturated carbocycles. The normalized spacial score (nSPS) is 18.8. The molecule has 0 atom stereocenters. The van der Waals surface area contributed by atoms with Gasteiger partial charge in [0.1, 0.15) is 0 Å². The highest BCUT2D eigenvalue weighted by molar-refractivity contribution is 9.10. The Hall–Kier alpha value is -1.03. The third-order valence-corrected chi connectivity index (χ3v) is 5.10. The highest BCUT2D eigenvalue weighted by Crippen LogP contribution is 2.39. The zero-order valence-corrected chi connectivity index (χ0v) is 13.9. The van der Waals surface area contributed by atoms with Gasteiger partial charge in [-0.2, -0.15) is 0 Å². The number of carbonyl (C=O) groups is 1. The van der Waals surface area contributed by atoms with Crippen LogP contribution in [0.15, 0.2) is 22.7 Å². The number of hydrogen-bond acceptors (Lipinski definition) is 2. The Balaban J connectivity index is 2.24. The number of hydrogen-bond donors (Lipinski definition) is 1. The van der Waals surface area contributed by atoms with Gasteiger partial charge in [0.15, 0.2) is 0 Å². The average Bonchev–Trinajstić information content (AvgIpc) is 2.37. The molecule has 110 valence electrons. The Kier molecular flexibility index (Phi) is 4.43. The van der Waals surface area contributed by atoms with Crippen molar-refractivity contribution in [2.24, 2.45) is 5.41 Å². The van der Waals surface area contributed by atoms with E-state index in [1.165, 1.54) is 12.8 Å². The van der Waals surface area contributed by atoms with E-state index in [9.17, 15) is 9.90 Å². The predicted octanol–water partition coefficient (Wildman–Crippen LogP) is 4.55. The molecular weight excluding hydrogens is 318 g/mol. The van der Waals surface area contributed by atoms with E-state index < -0.39 is 5.97 Å². The van der Waals surface area contributed by atoms with Gasteiger partial charge in [-0.3, -0.25) is 0 Å². The van der Waals surface area contributed by atoms with Crippen molar-refractivity contribution in [2.75, 3.05) is 11.9 Å². The molecule has 0 amide bonds. The Bertz CT molecular complexity index is 503. The highest BCUT2D eigenvalue weighted by Gasteiger charge is 2.30. The molecule has 3 nitrogen and oxygen atoms in total. The van der Waals surface area contributed by atoms with E-state index in [4.69, 9.17) is 0 Å². The van der Waals surface area contributed by atoms with Crippen LogP contribution in [0.2, 0.25) is 0 Å². The highest BCUT2D eigenvalue weighted by atomic mass is 79.9. The minimum absolute atomic E-state index is 0.361. The molecule has 1 aliphatic rings. The lowest BCUT2D eigenvalue weighted by molar-refractivity contribution is 0.0696. The van der Waals surface area contributed by atoms with Gasteiger partial charge in [-0.1, -0.05) is 19.9 Å². The first-order valence-electron chi connectivity index (χ1n) is 7.06. The van der Waals surface area contributed by atoms with Crippen LogP contribution in [-0.4, -0.2) is 24.2 Å². The Morgan fingerprint density at radius 3 is 2.50 bits per heavy atom. The summed E-state index contributed by atoms with van der Waals surface area (Å²) in [4.78, 5) is 13.6. The van der Waals surface area contributed by atoms with E-state index >= 15 is 0 Å². The van der Waals surface area contributed by atoms with Gasteiger partial charge >= 0.3 is 5.97 Å². The first-order chi connectivity index (χ1) is 9.32.